The van der Waals surface area contributed by atoms with Crippen LogP contribution in [0, 0.1) is 17.2 Å². The van der Waals surface area contributed by atoms with Crippen molar-refractivity contribution in [1.82, 2.24) is 20.1 Å². The second-order valence-corrected chi connectivity index (χ2v) is 9.90. The van der Waals surface area contributed by atoms with E-state index in [4.69, 9.17) is 10.00 Å². The minimum Gasteiger partial charge on any atom is -0.376 e. The largest absolute Gasteiger partial charge is 0.423 e. The Hall–Kier alpha value is -3.66. The first kappa shape index (κ1) is 26.0. The smallest absolute Gasteiger partial charge is 0.376 e. The molecule has 0 radical (unpaired) electrons. The van der Waals surface area contributed by atoms with Crippen LogP contribution in [0.1, 0.15) is 36.8 Å². The van der Waals surface area contributed by atoms with Crippen molar-refractivity contribution in [3.05, 3.63) is 46.0 Å². The number of halogens is 3. The standard InChI is InChI=1S/C25H28F3N7O3/c26-25(27,28)22-20(14-31-32-23(22)36)35-5-1-2-18(35)15-38-19-10-17(11-19)24(37)34-8-6-33(7-9-34)21-4-3-16(12-29)13-30-21/h3-4,13-14,17-19H,1-2,5-11,15H2,(H,32,36). The lowest BCUT2D eigenvalue weighted by atomic mass is 9.81. The molecule has 0 aromatic carbocycles. The van der Waals surface area contributed by atoms with Crippen molar-refractivity contribution in [2.24, 2.45) is 5.92 Å². The molecule has 2 aromatic heterocycles. The molecule has 10 nitrogen and oxygen atoms in total. The lowest BCUT2D eigenvalue weighted by Gasteiger charge is -2.41. The Morgan fingerprint density at radius 3 is 2.58 bits per heavy atom. The van der Waals surface area contributed by atoms with Gasteiger partial charge in [0.25, 0.3) is 5.56 Å². The summed E-state index contributed by atoms with van der Waals surface area (Å²) in [5, 5.41) is 14.4. The summed E-state index contributed by atoms with van der Waals surface area (Å²) < 4.78 is 46.5. The number of aromatic amines is 1. The molecule has 2 aliphatic heterocycles. The van der Waals surface area contributed by atoms with E-state index in [0.717, 1.165) is 12.0 Å². The van der Waals surface area contributed by atoms with Gasteiger partial charge in [-0.25, -0.2) is 10.1 Å². The number of hydrogen-bond acceptors (Lipinski definition) is 8. The Labute approximate surface area is 217 Å². The molecule has 0 bridgehead atoms. The first-order valence-electron chi connectivity index (χ1n) is 12.7. The minimum atomic E-state index is -4.79. The summed E-state index contributed by atoms with van der Waals surface area (Å²) in [7, 11) is 0. The lowest BCUT2D eigenvalue weighted by Crippen LogP contribution is -2.53. The van der Waals surface area contributed by atoms with Crippen LogP contribution in [0.5, 0.6) is 0 Å². The molecule has 5 rings (SSSR count). The molecule has 1 N–H and O–H groups in total. The van der Waals surface area contributed by atoms with Crippen LogP contribution in [0.15, 0.2) is 29.3 Å². The number of anilines is 2. The van der Waals surface area contributed by atoms with E-state index in [0.29, 0.717) is 64.0 Å². The molecule has 38 heavy (non-hydrogen) atoms. The number of aromatic nitrogens is 3. The van der Waals surface area contributed by atoms with E-state index in [1.54, 1.807) is 11.0 Å². The summed E-state index contributed by atoms with van der Waals surface area (Å²) in [6.07, 6.45) is 0.203. The van der Waals surface area contributed by atoms with Gasteiger partial charge in [0.2, 0.25) is 5.91 Å². The number of ether oxygens (including phenoxy) is 1. The summed E-state index contributed by atoms with van der Waals surface area (Å²) in [5.74, 6) is 0.768. The van der Waals surface area contributed by atoms with Crippen LogP contribution in [0.2, 0.25) is 0 Å². The fourth-order valence-electron chi connectivity index (χ4n) is 5.41. The number of carbonyl (C=O) groups is 1. The maximum atomic E-state index is 13.5. The number of nitriles is 1. The summed E-state index contributed by atoms with van der Waals surface area (Å²) in [6, 6.07) is 5.29. The van der Waals surface area contributed by atoms with Crippen LogP contribution in [0.25, 0.3) is 0 Å². The van der Waals surface area contributed by atoms with Crippen molar-refractivity contribution < 1.29 is 22.7 Å². The van der Waals surface area contributed by atoms with Gasteiger partial charge in [-0.05, 0) is 37.8 Å². The van der Waals surface area contributed by atoms with E-state index in [2.05, 4.69) is 15.0 Å². The van der Waals surface area contributed by atoms with Crippen LogP contribution in [0.3, 0.4) is 0 Å². The van der Waals surface area contributed by atoms with Crippen LogP contribution in [-0.2, 0) is 15.7 Å². The summed E-state index contributed by atoms with van der Waals surface area (Å²) in [5.41, 5.74) is -2.20. The molecule has 3 fully saturated rings. The van der Waals surface area contributed by atoms with Crippen molar-refractivity contribution >= 4 is 17.4 Å². The van der Waals surface area contributed by atoms with Crippen molar-refractivity contribution in [1.29, 1.82) is 5.26 Å². The summed E-state index contributed by atoms with van der Waals surface area (Å²) >= 11 is 0. The molecule has 1 aliphatic carbocycles. The van der Waals surface area contributed by atoms with Crippen molar-refractivity contribution in [2.45, 2.75) is 44.0 Å². The molecule has 3 aliphatic rings. The third-order valence-electron chi connectivity index (χ3n) is 7.57. The van der Waals surface area contributed by atoms with Crippen molar-refractivity contribution in [2.75, 3.05) is 49.1 Å². The molecule has 2 saturated heterocycles. The predicted octanol–water partition coefficient (Wildman–Crippen LogP) is 2.17. The number of carbonyl (C=O) groups excluding carboxylic acids is 1. The molecule has 1 atom stereocenters. The highest BCUT2D eigenvalue weighted by molar-refractivity contribution is 5.80. The van der Waals surface area contributed by atoms with E-state index in [1.165, 1.54) is 6.20 Å². The topological polar surface area (TPSA) is 118 Å². The highest BCUT2D eigenvalue weighted by Gasteiger charge is 2.42. The SMILES string of the molecule is N#Cc1ccc(N2CCN(C(=O)C3CC(OCC4CCCN4c4cn[nH]c(=O)c4C(F)(F)F)C3)CC2)nc1. The van der Waals surface area contributed by atoms with Crippen LogP contribution in [-0.4, -0.2) is 77.5 Å². The normalized spacial score (nSPS) is 23.7. The molecule has 0 spiro atoms. The Morgan fingerprint density at radius 1 is 1.16 bits per heavy atom. The molecule has 1 amide bonds. The average molecular weight is 532 g/mol. The fourth-order valence-corrected chi connectivity index (χ4v) is 5.41. The second kappa shape index (κ2) is 10.6. The van der Waals surface area contributed by atoms with Gasteiger partial charge >= 0.3 is 6.18 Å². The number of nitrogens with one attached hydrogen (secondary N) is 1. The molecule has 13 heteroatoms. The fraction of sp³-hybridized carbons (Fsp3) is 0.560. The highest BCUT2D eigenvalue weighted by atomic mass is 19.4. The molecular formula is C25H28F3N7O3. The van der Waals surface area contributed by atoms with E-state index in [-0.39, 0.29) is 36.3 Å². The van der Waals surface area contributed by atoms with E-state index in [1.807, 2.05) is 22.1 Å². The number of nitrogens with zero attached hydrogens (tertiary/aromatic N) is 6. The van der Waals surface area contributed by atoms with Crippen molar-refractivity contribution in [3.63, 3.8) is 0 Å². The molecule has 1 unspecified atom stereocenters. The van der Waals surface area contributed by atoms with Crippen LogP contribution in [0.4, 0.5) is 24.7 Å². The summed E-state index contributed by atoms with van der Waals surface area (Å²) in [4.78, 5) is 34.7. The number of pyridine rings is 1. The third kappa shape index (κ3) is 5.31. The van der Waals surface area contributed by atoms with Gasteiger partial charge in [-0.2, -0.15) is 23.5 Å². The second-order valence-electron chi connectivity index (χ2n) is 9.90. The van der Waals surface area contributed by atoms with E-state index < -0.39 is 17.3 Å². The van der Waals surface area contributed by atoms with Crippen LogP contribution < -0.4 is 15.4 Å². The lowest BCUT2D eigenvalue weighted by molar-refractivity contribution is -0.145. The number of rotatable bonds is 6. The van der Waals surface area contributed by atoms with Gasteiger partial charge in [0.05, 0.1) is 36.2 Å². The number of hydrogen-bond donors (Lipinski definition) is 1. The Balaban J connectivity index is 1.09. The number of piperazine rings is 1. The maximum Gasteiger partial charge on any atom is 0.423 e. The molecule has 4 heterocycles. The van der Waals surface area contributed by atoms with Gasteiger partial charge in [0, 0.05) is 44.8 Å². The van der Waals surface area contributed by atoms with Gasteiger partial charge in [0.15, 0.2) is 0 Å². The van der Waals surface area contributed by atoms with Gasteiger partial charge in [0.1, 0.15) is 17.5 Å². The van der Waals surface area contributed by atoms with E-state index >= 15 is 0 Å². The first-order valence-corrected chi connectivity index (χ1v) is 12.7. The quantitative estimate of drug-likeness (QED) is 0.603. The van der Waals surface area contributed by atoms with Gasteiger partial charge in [-0.1, -0.05) is 0 Å². The molecular weight excluding hydrogens is 503 g/mol. The zero-order valence-electron chi connectivity index (χ0n) is 20.7. The van der Waals surface area contributed by atoms with Gasteiger partial charge in [-0.3, -0.25) is 9.59 Å². The number of amides is 1. The monoisotopic (exact) mass is 531 g/mol. The molecule has 1 saturated carbocycles. The summed E-state index contributed by atoms with van der Waals surface area (Å²) in [6.45, 7) is 3.11. The Bertz CT molecular complexity index is 1250. The van der Waals surface area contributed by atoms with E-state index in [9.17, 15) is 22.8 Å². The zero-order chi connectivity index (χ0) is 26.9. The zero-order valence-corrected chi connectivity index (χ0v) is 20.7. The average Bonchev–Trinajstić information content (AvgIpc) is 3.35. The Kier molecular flexibility index (Phi) is 7.25. The third-order valence-corrected chi connectivity index (χ3v) is 7.57. The molecule has 202 valence electrons. The number of H-pyrrole nitrogens is 1. The maximum absolute atomic E-state index is 13.5. The van der Waals surface area contributed by atoms with Gasteiger partial charge < -0.3 is 19.4 Å². The van der Waals surface area contributed by atoms with Crippen LogP contribution >= 0.6 is 0 Å². The van der Waals surface area contributed by atoms with Crippen molar-refractivity contribution in [3.8, 4) is 6.07 Å². The van der Waals surface area contributed by atoms with Gasteiger partial charge in [-0.15, -0.1) is 0 Å². The highest BCUT2D eigenvalue weighted by Crippen LogP contribution is 2.37. The molecule has 2 aromatic rings. The predicted molar refractivity (Wildman–Crippen MR) is 130 cm³/mol. The first-order chi connectivity index (χ1) is 18.2. The number of alkyl halides is 3. The Morgan fingerprint density at radius 2 is 1.92 bits per heavy atom. The minimum absolute atomic E-state index is 0.101.